The summed E-state index contributed by atoms with van der Waals surface area (Å²) in [5.41, 5.74) is 0.751. The molecule has 0 unspecified atom stereocenters. The number of hydrogen-bond acceptors (Lipinski definition) is 3. The van der Waals surface area contributed by atoms with Crippen LogP contribution < -0.4 is 5.32 Å². The molecule has 2 aromatic rings. The predicted octanol–water partition coefficient (Wildman–Crippen LogP) is 3.07. The molecule has 0 aliphatic carbocycles. The summed E-state index contributed by atoms with van der Waals surface area (Å²) in [6, 6.07) is 9.97. The number of carbonyl (C=O) groups is 1. The lowest BCUT2D eigenvalue weighted by Gasteiger charge is -2.31. The summed E-state index contributed by atoms with van der Waals surface area (Å²) >= 11 is 0. The summed E-state index contributed by atoms with van der Waals surface area (Å²) in [6.07, 6.45) is 2.11. The molecule has 27 heavy (non-hydrogen) atoms. The molecule has 4 nitrogen and oxygen atoms in total. The van der Waals surface area contributed by atoms with Crippen molar-refractivity contribution in [3.8, 4) is 11.1 Å². The lowest BCUT2D eigenvalue weighted by atomic mass is 9.99. The standard InChI is InChI=1S/C21H24F2N2O2/c22-18-4-1-5-19(23)20(18)16-6-8-17(9-7-16)21(27)24-10-12-25-11-2-3-15(13-25)14-26/h1,4-9,15,26H,2-3,10-14H2,(H,24,27)/t15-/m0/s1. The van der Waals surface area contributed by atoms with Crippen molar-refractivity contribution < 1.29 is 18.7 Å². The Morgan fingerprint density at radius 2 is 1.85 bits per heavy atom. The molecule has 1 aliphatic heterocycles. The Bertz CT molecular complexity index is 760. The highest BCUT2D eigenvalue weighted by molar-refractivity contribution is 5.94. The van der Waals surface area contributed by atoms with Gasteiger partial charge in [0.2, 0.25) is 0 Å². The minimum atomic E-state index is -0.630. The third-order valence-electron chi connectivity index (χ3n) is 4.97. The van der Waals surface area contributed by atoms with Gasteiger partial charge in [-0.3, -0.25) is 4.79 Å². The smallest absolute Gasteiger partial charge is 0.251 e. The van der Waals surface area contributed by atoms with E-state index in [1.165, 1.54) is 18.2 Å². The Morgan fingerprint density at radius 1 is 1.15 bits per heavy atom. The van der Waals surface area contributed by atoms with Crippen LogP contribution in [0.4, 0.5) is 8.78 Å². The van der Waals surface area contributed by atoms with Gasteiger partial charge in [0.05, 0.1) is 5.56 Å². The fourth-order valence-corrected chi connectivity index (χ4v) is 3.49. The van der Waals surface area contributed by atoms with E-state index in [1.807, 2.05) is 0 Å². The first kappa shape index (κ1) is 19.5. The third-order valence-corrected chi connectivity index (χ3v) is 4.97. The molecule has 0 saturated carbocycles. The molecule has 0 radical (unpaired) electrons. The molecule has 2 aromatic carbocycles. The zero-order valence-electron chi connectivity index (χ0n) is 15.1. The third kappa shape index (κ3) is 4.90. The maximum absolute atomic E-state index is 13.9. The van der Waals surface area contributed by atoms with Gasteiger partial charge in [0.1, 0.15) is 11.6 Å². The van der Waals surface area contributed by atoms with Crippen molar-refractivity contribution in [1.82, 2.24) is 10.2 Å². The number of benzene rings is 2. The van der Waals surface area contributed by atoms with E-state index in [9.17, 15) is 18.7 Å². The van der Waals surface area contributed by atoms with Gasteiger partial charge in [-0.25, -0.2) is 8.78 Å². The molecule has 6 heteroatoms. The number of halogens is 2. The lowest BCUT2D eigenvalue weighted by molar-refractivity contribution is 0.0930. The summed E-state index contributed by atoms with van der Waals surface area (Å²) in [7, 11) is 0. The number of piperidine rings is 1. The summed E-state index contributed by atoms with van der Waals surface area (Å²) in [4.78, 5) is 14.5. The number of nitrogens with zero attached hydrogens (tertiary/aromatic N) is 1. The van der Waals surface area contributed by atoms with Crippen LogP contribution >= 0.6 is 0 Å². The maximum atomic E-state index is 13.9. The van der Waals surface area contributed by atoms with Gasteiger partial charge in [0.25, 0.3) is 5.91 Å². The van der Waals surface area contributed by atoms with Gasteiger partial charge in [-0.2, -0.15) is 0 Å². The number of aliphatic hydroxyl groups excluding tert-OH is 1. The summed E-state index contributed by atoms with van der Waals surface area (Å²) in [6.45, 7) is 3.30. The molecule has 1 aliphatic rings. The number of nitrogens with one attached hydrogen (secondary N) is 1. The highest BCUT2D eigenvalue weighted by Crippen LogP contribution is 2.26. The van der Waals surface area contributed by atoms with Crippen molar-refractivity contribution in [2.45, 2.75) is 12.8 Å². The highest BCUT2D eigenvalue weighted by atomic mass is 19.1. The molecule has 1 saturated heterocycles. The van der Waals surface area contributed by atoms with Gasteiger partial charge >= 0.3 is 0 Å². The van der Waals surface area contributed by atoms with Crippen LogP contribution in [0, 0.1) is 17.6 Å². The van der Waals surface area contributed by atoms with Crippen LogP contribution in [0.1, 0.15) is 23.2 Å². The molecule has 0 spiro atoms. The first-order valence-corrected chi connectivity index (χ1v) is 9.24. The van der Waals surface area contributed by atoms with Crippen molar-refractivity contribution in [2.75, 3.05) is 32.8 Å². The van der Waals surface area contributed by atoms with Gasteiger partial charge in [-0.15, -0.1) is 0 Å². The van der Waals surface area contributed by atoms with Crippen molar-refractivity contribution >= 4 is 5.91 Å². The molecule has 2 N–H and O–H groups in total. The van der Waals surface area contributed by atoms with Crippen LogP contribution in [0.5, 0.6) is 0 Å². The monoisotopic (exact) mass is 374 g/mol. The summed E-state index contributed by atoms with van der Waals surface area (Å²) in [5.74, 6) is -1.16. The minimum absolute atomic E-state index is 0.0898. The molecule has 1 heterocycles. The number of amides is 1. The molecule has 0 aromatic heterocycles. The van der Waals surface area contributed by atoms with Gasteiger partial charge in [0.15, 0.2) is 0 Å². The second kappa shape index (κ2) is 9.06. The van der Waals surface area contributed by atoms with E-state index in [1.54, 1.807) is 24.3 Å². The van der Waals surface area contributed by atoms with Crippen molar-refractivity contribution in [3.05, 3.63) is 59.7 Å². The number of aliphatic hydroxyl groups is 1. The fourth-order valence-electron chi connectivity index (χ4n) is 3.49. The van der Waals surface area contributed by atoms with Crippen molar-refractivity contribution in [2.24, 2.45) is 5.92 Å². The first-order valence-electron chi connectivity index (χ1n) is 9.24. The molecule has 144 valence electrons. The van der Waals surface area contributed by atoms with Crippen LogP contribution in [0.3, 0.4) is 0 Å². The quantitative estimate of drug-likeness (QED) is 0.817. The number of hydrogen-bond donors (Lipinski definition) is 2. The molecule has 1 atom stereocenters. The SMILES string of the molecule is O=C(NCCN1CCC[C@H](CO)C1)c1ccc(-c2c(F)cccc2F)cc1. The molecular weight excluding hydrogens is 350 g/mol. The zero-order chi connectivity index (χ0) is 19.2. The summed E-state index contributed by atoms with van der Waals surface area (Å²) in [5, 5.41) is 12.1. The Labute approximate surface area is 157 Å². The van der Waals surface area contributed by atoms with Crippen LogP contribution in [0.15, 0.2) is 42.5 Å². The van der Waals surface area contributed by atoms with Crippen molar-refractivity contribution in [3.63, 3.8) is 0 Å². The lowest BCUT2D eigenvalue weighted by Crippen LogP contribution is -2.41. The second-order valence-electron chi connectivity index (χ2n) is 6.92. The van der Waals surface area contributed by atoms with Crippen LogP contribution in [-0.2, 0) is 0 Å². The average Bonchev–Trinajstić information content (AvgIpc) is 2.68. The van der Waals surface area contributed by atoms with E-state index < -0.39 is 11.6 Å². The van der Waals surface area contributed by atoms with E-state index in [-0.39, 0.29) is 18.1 Å². The van der Waals surface area contributed by atoms with E-state index in [0.717, 1.165) is 32.5 Å². The van der Waals surface area contributed by atoms with E-state index in [4.69, 9.17) is 0 Å². The second-order valence-corrected chi connectivity index (χ2v) is 6.92. The molecule has 1 fully saturated rings. The van der Waals surface area contributed by atoms with Crippen LogP contribution in [0.25, 0.3) is 11.1 Å². The highest BCUT2D eigenvalue weighted by Gasteiger charge is 2.19. The van der Waals surface area contributed by atoms with Gasteiger partial charge in [-0.1, -0.05) is 18.2 Å². The average molecular weight is 374 g/mol. The maximum Gasteiger partial charge on any atom is 0.251 e. The molecule has 1 amide bonds. The van der Waals surface area contributed by atoms with Gasteiger partial charge < -0.3 is 15.3 Å². The minimum Gasteiger partial charge on any atom is -0.396 e. The van der Waals surface area contributed by atoms with E-state index >= 15 is 0 Å². The van der Waals surface area contributed by atoms with E-state index in [2.05, 4.69) is 10.2 Å². The Kier molecular flexibility index (Phi) is 6.53. The Hall–Kier alpha value is -2.31. The predicted molar refractivity (Wildman–Crippen MR) is 100 cm³/mol. The fraction of sp³-hybridized carbons (Fsp3) is 0.381. The summed E-state index contributed by atoms with van der Waals surface area (Å²) < 4.78 is 27.7. The number of carbonyl (C=O) groups excluding carboxylic acids is 1. The molecule has 3 rings (SSSR count). The van der Waals surface area contributed by atoms with Gasteiger partial charge in [0, 0.05) is 31.8 Å². The molecular formula is C21H24F2N2O2. The Balaban J connectivity index is 1.55. The van der Waals surface area contributed by atoms with Crippen molar-refractivity contribution in [1.29, 1.82) is 0 Å². The topological polar surface area (TPSA) is 52.6 Å². The van der Waals surface area contributed by atoms with Gasteiger partial charge in [-0.05, 0) is 55.1 Å². The number of rotatable bonds is 6. The molecule has 0 bridgehead atoms. The zero-order valence-corrected chi connectivity index (χ0v) is 15.1. The Morgan fingerprint density at radius 3 is 2.52 bits per heavy atom. The largest absolute Gasteiger partial charge is 0.396 e. The normalized spacial score (nSPS) is 17.7. The van der Waals surface area contributed by atoms with Crippen LogP contribution in [0.2, 0.25) is 0 Å². The number of likely N-dealkylation sites (tertiary alicyclic amines) is 1. The first-order chi connectivity index (χ1) is 13.1. The van der Waals surface area contributed by atoms with Crippen LogP contribution in [-0.4, -0.2) is 48.7 Å². The van der Waals surface area contributed by atoms with E-state index in [0.29, 0.717) is 23.6 Å².